The van der Waals surface area contributed by atoms with Crippen molar-refractivity contribution in [2.45, 2.75) is 77.2 Å². The molecule has 0 aliphatic heterocycles. The van der Waals surface area contributed by atoms with E-state index >= 15 is 0 Å². The first-order valence-corrected chi connectivity index (χ1v) is 8.33. The minimum atomic E-state index is -0.925. The third-order valence-electron chi connectivity index (χ3n) is 3.43. The van der Waals surface area contributed by atoms with Crippen molar-refractivity contribution in [1.82, 2.24) is 0 Å². The standard InChI is InChI=1S/C18H30O4/c1-2-3-4-5-7-10-13-16(19)17(20)14-11-8-6-9-12-15-18(21)22/h3-4,12,15,17,20H,2,5-11,13-14H2,1H3,(H,21,22)/b4-3+,15-12+. The van der Waals surface area contributed by atoms with Crippen LogP contribution in [-0.2, 0) is 9.59 Å². The van der Waals surface area contributed by atoms with Gasteiger partial charge in [-0.05, 0) is 44.9 Å². The number of aliphatic hydroxyl groups excluding tert-OH is 1. The van der Waals surface area contributed by atoms with E-state index in [1.165, 1.54) is 0 Å². The van der Waals surface area contributed by atoms with Gasteiger partial charge in [-0.25, -0.2) is 4.79 Å². The van der Waals surface area contributed by atoms with Gasteiger partial charge in [0.2, 0.25) is 0 Å². The maximum absolute atomic E-state index is 11.7. The lowest BCUT2D eigenvalue weighted by atomic mass is 10.0. The number of ketones is 1. The number of carbonyl (C=O) groups is 2. The second-order valence-electron chi connectivity index (χ2n) is 5.49. The lowest BCUT2D eigenvalue weighted by Crippen LogP contribution is -2.19. The van der Waals surface area contributed by atoms with Crippen LogP contribution in [0.3, 0.4) is 0 Å². The van der Waals surface area contributed by atoms with Crippen molar-refractivity contribution in [1.29, 1.82) is 0 Å². The summed E-state index contributed by atoms with van der Waals surface area (Å²) in [6.07, 6.45) is 14.4. The number of carbonyl (C=O) groups excluding carboxylic acids is 1. The topological polar surface area (TPSA) is 74.6 Å². The van der Waals surface area contributed by atoms with Crippen LogP contribution >= 0.6 is 0 Å². The number of hydrogen-bond acceptors (Lipinski definition) is 3. The number of unbranched alkanes of at least 4 members (excludes halogenated alkanes) is 5. The van der Waals surface area contributed by atoms with Crippen molar-refractivity contribution in [3.63, 3.8) is 0 Å². The highest BCUT2D eigenvalue weighted by molar-refractivity contribution is 5.82. The van der Waals surface area contributed by atoms with Crippen LogP contribution in [-0.4, -0.2) is 28.1 Å². The van der Waals surface area contributed by atoms with Crippen molar-refractivity contribution in [3.8, 4) is 0 Å². The summed E-state index contributed by atoms with van der Waals surface area (Å²) in [5, 5.41) is 18.2. The van der Waals surface area contributed by atoms with Crippen LogP contribution in [0.2, 0.25) is 0 Å². The van der Waals surface area contributed by atoms with E-state index in [1.807, 2.05) is 0 Å². The fourth-order valence-corrected chi connectivity index (χ4v) is 2.13. The van der Waals surface area contributed by atoms with E-state index in [-0.39, 0.29) is 5.78 Å². The van der Waals surface area contributed by atoms with Gasteiger partial charge >= 0.3 is 5.97 Å². The molecule has 0 aliphatic carbocycles. The molecule has 0 radical (unpaired) electrons. The number of aliphatic hydroxyl groups is 1. The molecule has 0 aliphatic rings. The Morgan fingerprint density at radius 2 is 1.64 bits per heavy atom. The second kappa shape index (κ2) is 14.5. The van der Waals surface area contributed by atoms with Crippen LogP contribution in [0.1, 0.15) is 71.1 Å². The maximum atomic E-state index is 11.7. The van der Waals surface area contributed by atoms with E-state index in [9.17, 15) is 14.7 Å². The zero-order chi connectivity index (χ0) is 16.6. The Balaban J connectivity index is 3.53. The Hall–Kier alpha value is -1.42. The van der Waals surface area contributed by atoms with Gasteiger partial charge in [0.15, 0.2) is 5.78 Å². The molecule has 0 heterocycles. The first kappa shape index (κ1) is 20.6. The number of hydrogen-bond donors (Lipinski definition) is 2. The molecule has 0 amide bonds. The van der Waals surface area contributed by atoms with E-state index in [0.717, 1.165) is 57.4 Å². The van der Waals surface area contributed by atoms with Crippen LogP contribution in [0.5, 0.6) is 0 Å². The predicted molar refractivity (Wildman–Crippen MR) is 88.8 cm³/mol. The molecule has 0 aromatic heterocycles. The summed E-state index contributed by atoms with van der Waals surface area (Å²) in [7, 11) is 0. The van der Waals surface area contributed by atoms with Gasteiger partial charge in [0.1, 0.15) is 6.10 Å². The second-order valence-corrected chi connectivity index (χ2v) is 5.49. The molecule has 1 unspecified atom stereocenters. The number of allylic oxidation sites excluding steroid dienone is 3. The van der Waals surface area contributed by atoms with Gasteiger partial charge in [0, 0.05) is 12.5 Å². The third-order valence-corrected chi connectivity index (χ3v) is 3.43. The lowest BCUT2D eigenvalue weighted by molar-refractivity contribution is -0.131. The summed E-state index contributed by atoms with van der Waals surface area (Å²) in [5.74, 6) is -0.976. The molecule has 126 valence electrons. The molecule has 4 nitrogen and oxygen atoms in total. The Morgan fingerprint density at radius 3 is 2.32 bits per heavy atom. The predicted octanol–water partition coefficient (Wildman–Crippen LogP) is 4.03. The minimum Gasteiger partial charge on any atom is -0.478 e. The summed E-state index contributed by atoms with van der Waals surface area (Å²) in [6.45, 7) is 2.10. The number of carboxylic acids is 1. The average Bonchev–Trinajstić information content (AvgIpc) is 2.49. The zero-order valence-electron chi connectivity index (χ0n) is 13.7. The number of Topliss-reactive ketones (excluding diaryl/α,β-unsaturated/α-hetero) is 1. The van der Waals surface area contributed by atoms with Gasteiger partial charge < -0.3 is 10.2 Å². The van der Waals surface area contributed by atoms with Gasteiger partial charge in [-0.15, -0.1) is 0 Å². The number of aliphatic carboxylic acids is 1. The van der Waals surface area contributed by atoms with Crippen LogP contribution in [0, 0.1) is 0 Å². The van der Waals surface area contributed by atoms with Crippen molar-refractivity contribution in [2.24, 2.45) is 0 Å². The lowest BCUT2D eigenvalue weighted by Gasteiger charge is -2.09. The molecule has 0 rings (SSSR count). The van der Waals surface area contributed by atoms with Crippen LogP contribution in [0.4, 0.5) is 0 Å². The van der Waals surface area contributed by atoms with Crippen LogP contribution < -0.4 is 0 Å². The SMILES string of the molecule is CC/C=C/CCCCC(=O)C(O)CCCCC/C=C/C(=O)O. The molecule has 0 bridgehead atoms. The van der Waals surface area contributed by atoms with Crippen molar-refractivity contribution in [3.05, 3.63) is 24.3 Å². The summed E-state index contributed by atoms with van der Waals surface area (Å²) in [6, 6.07) is 0. The van der Waals surface area contributed by atoms with Gasteiger partial charge in [-0.1, -0.05) is 38.0 Å². The van der Waals surface area contributed by atoms with Gasteiger partial charge in [-0.2, -0.15) is 0 Å². The molecule has 22 heavy (non-hydrogen) atoms. The van der Waals surface area contributed by atoms with Crippen molar-refractivity contribution < 1.29 is 19.8 Å². The molecule has 0 aromatic rings. The molecule has 2 N–H and O–H groups in total. The summed E-state index contributed by atoms with van der Waals surface area (Å²) in [5.41, 5.74) is 0. The van der Waals surface area contributed by atoms with E-state index in [0.29, 0.717) is 12.8 Å². The molecule has 0 fully saturated rings. The fourth-order valence-electron chi connectivity index (χ4n) is 2.13. The Bertz CT molecular complexity index is 358. The monoisotopic (exact) mass is 310 g/mol. The molecule has 0 saturated carbocycles. The van der Waals surface area contributed by atoms with E-state index in [4.69, 9.17) is 5.11 Å². The minimum absolute atomic E-state index is 0.0507. The Morgan fingerprint density at radius 1 is 0.955 bits per heavy atom. The van der Waals surface area contributed by atoms with Crippen LogP contribution in [0.25, 0.3) is 0 Å². The van der Waals surface area contributed by atoms with Gasteiger partial charge in [0.05, 0.1) is 0 Å². The van der Waals surface area contributed by atoms with Crippen molar-refractivity contribution in [2.75, 3.05) is 0 Å². The highest BCUT2D eigenvalue weighted by atomic mass is 16.4. The van der Waals surface area contributed by atoms with E-state index < -0.39 is 12.1 Å². The normalized spacial score (nSPS) is 13.0. The molecule has 1 atom stereocenters. The van der Waals surface area contributed by atoms with E-state index in [1.54, 1.807) is 6.08 Å². The quantitative estimate of drug-likeness (QED) is 0.288. The smallest absolute Gasteiger partial charge is 0.327 e. The maximum Gasteiger partial charge on any atom is 0.327 e. The summed E-state index contributed by atoms with van der Waals surface area (Å²) in [4.78, 5) is 22.0. The highest BCUT2D eigenvalue weighted by Gasteiger charge is 2.13. The first-order chi connectivity index (χ1) is 10.6. The van der Waals surface area contributed by atoms with Gasteiger partial charge in [0.25, 0.3) is 0 Å². The average molecular weight is 310 g/mol. The fraction of sp³-hybridized carbons (Fsp3) is 0.667. The zero-order valence-corrected chi connectivity index (χ0v) is 13.7. The largest absolute Gasteiger partial charge is 0.478 e. The molecule has 0 spiro atoms. The molecular formula is C18H30O4. The Labute approximate surface area is 133 Å². The van der Waals surface area contributed by atoms with Crippen LogP contribution in [0.15, 0.2) is 24.3 Å². The summed E-state index contributed by atoms with van der Waals surface area (Å²) < 4.78 is 0. The molecule has 0 saturated heterocycles. The number of rotatable bonds is 14. The van der Waals surface area contributed by atoms with Crippen molar-refractivity contribution >= 4 is 11.8 Å². The molecular weight excluding hydrogens is 280 g/mol. The highest BCUT2D eigenvalue weighted by Crippen LogP contribution is 2.10. The third kappa shape index (κ3) is 13.6. The van der Waals surface area contributed by atoms with E-state index in [2.05, 4.69) is 19.1 Å². The first-order valence-electron chi connectivity index (χ1n) is 8.33. The Kier molecular flexibility index (Phi) is 13.6. The van der Waals surface area contributed by atoms with Gasteiger partial charge in [-0.3, -0.25) is 4.79 Å². The molecule has 4 heteroatoms. The molecule has 0 aromatic carbocycles. The summed E-state index contributed by atoms with van der Waals surface area (Å²) >= 11 is 0. The number of carboxylic acid groups (broad SMARTS) is 1.